The minimum absolute atomic E-state index is 0.966. The predicted molar refractivity (Wildman–Crippen MR) is 137 cm³/mol. The van der Waals surface area contributed by atoms with E-state index < -0.39 is 0 Å². The van der Waals surface area contributed by atoms with Crippen molar-refractivity contribution in [2.75, 3.05) is 0 Å². The summed E-state index contributed by atoms with van der Waals surface area (Å²) >= 11 is 0. The second-order valence-corrected chi connectivity index (χ2v) is 8.56. The molecule has 0 saturated carbocycles. The van der Waals surface area contributed by atoms with Gasteiger partial charge >= 0.3 is 0 Å². The number of aromatic amines is 1. The van der Waals surface area contributed by atoms with E-state index in [9.17, 15) is 0 Å². The van der Waals surface area contributed by atoms with Crippen LogP contribution in [0, 0.1) is 0 Å². The Balaban J connectivity index is 1.61. The molecule has 7 aromatic rings. The summed E-state index contributed by atoms with van der Waals surface area (Å²) in [5.74, 6) is 0. The molecule has 2 heteroatoms. The molecule has 5 aromatic carbocycles. The minimum Gasteiger partial charge on any atom is -0.354 e. The van der Waals surface area contributed by atoms with E-state index in [-0.39, 0.29) is 0 Å². The highest BCUT2D eigenvalue weighted by molar-refractivity contribution is 6.21. The first-order chi connectivity index (χ1) is 15.8. The summed E-state index contributed by atoms with van der Waals surface area (Å²) in [5, 5.41) is 7.76. The fourth-order valence-electron chi connectivity index (χ4n) is 5.48. The predicted octanol–water partition coefficient (Wildman–Crippen LogP) is 8.27. The van der Waals surface area contributed by atoms with E-state index >= 15 is 0 Å². The minimum atomic E-state index is 0.966. The quantitative estimate of drug-likeness (QED) is 0.296. The average molecular weight is 411 g/mol. The number of hydrogen-bond donors (Lipinski definition) is 1. The second-order valence-electron chi connectivity index (χ2n) is 8.56. The lowest BCUT2D eigenvalue weighted by Gasteiger charge is -2.10. The molecule has 2 heterocycles. The molecule has 0 radical (unpaired) electrons. The number of aryl methyl sites for hydroxylation is 1. The van der Waals surface area contributed by atoms with Crippen LogP contribution in [-0.2, 0) is 6.54 Å². The Labute approximate surface area is 185 Å². The zero-order valence-corrected chi connectivity index (χ0v) is 17.9. The summed E-state index contributed by atoms with van der Waals surface area (Å²) in [6.07, 6.45) is 0. The summed E-state index contributed by atoms with van der Waals surface area (Å²) < 4.78 is 2.41. The second kappa shape index (κ2) is 6.48. The van der Waals surface area contributed by atoms with Crippen molar-refractivity contribution >= 4 is 54.4 Å². The monoisotopic (exact) mass is 410 g/mol. The van der Waals surface area contributed by atoms with Crippen LogP contribution in [0.3, 0.4) is 0 Å². The number of H-pyrrole nitrogens is 1. The topological polar surface area (TPSA) is 20.7 Å². The van der Waals surface area contributed by atoms with Crippen molar-refractivity contribution < 1.29 is 0 Å². The van der Waals surface area contributed by atoms with Gasteiger partial charge in [0, 0.05) is 50.0 Å². The maximum atomic E-state index is 3.66. The van der Waals surface area contributed by atoms with Gasteiger partial charge in [0.25, 0.3) is 0 Å². The number of nitrogens with one attached hydrogen (secondary N) is 1. The largest absolute Gasteiger partial charge is 0.354 e. The van der Waals surface area contributed by atoms with Crippen LogP contribution in [0.4, 0.5) is 0 Å². The molecule has 0 aliphatic rings. The lowest BCUT2D eigenvalue weighted by molar-refractivity contribution is 0.827. The first kappa shape index (κ1) is 17.6. The van der Waals surface area contributed by atoms with Gasteiger partial charge in [-0.05, 0) is 53.8 Å². The summed E-state index contributed by atoms with van der Waals surface area (Å²) in [6.45, 7) is 3.19. The van der Waals surface area contributed by atoms with Crippen molar-refractivity contribution in [1.82, 2.24) is 9.55 Å². The highest BCUT2D eigenvalue weighted by Gasteiger charge is 2.15. The van der Waals surface area contributed by atoms with Crippen molar-refractivity contribution in [3.05, 3.63) is 97.1 Å². The van der Waals surface area contributed by atoms with Crippen LogP contribution in [0.5, 0.6) is 0 Å². The molecule has 7 rings (SSSR count). The fraction of sp³-hybridized carbons (Fsp3) is 0.0667. The molecular weight excluding hydrogens is 388 g/mol. The molecule has 0 fully saturated rings. The normalized spacial score (nSPS) is 12.0. The zero-order valence-electron chi connectivity index (χ0n) is 17.9. The Morgan fingerprint density at radius 1 is 0.594 bits per heavy atom. The van der Waals surface area contributed by atoms with Gasteiger partial charge in [-0.3, -0.25) is 0 Å². The van der Waals surface area contributed by atoms with Gasteiger partial charge in [-0.2, -0.15) is 0 Å². The number of hydrogen-bond acceptors (Lipinski definition) is 0. The van der Waals surface area contributed by atoms with Crippen LogP contribution in [-0.4, -0.2) is 9.55 Å². The third kappa shape index (κ3) is 2.29. The molecule has 0 atom stereocenters. The Morgan fingerprint density at radius 2 is 1.28 bits per heavy atom. The molecule has 0 spiro atoms. The van der Waals surface area contributed by atoms with E-state index in [4.69, 9.17) is 0 Å². The SMILES string of the molecule is CCn1c2ccccc2c2cc(-c3cc4c5ccccc5[nH]c4c4ccccc34)ccc21. The Hall–Kier alpha value is -4.04. The Morgan fingerprint density at radius 3 is 2.12 bits per heavy atom. The first-order valence-electron chi connectivity index (χ1n) is 11.3. The molecule has 0 aliphatic carbocycles. The summed E-state index contributed by atoms with van der Waals surface area (Å²) in [5.41, 5.74) is 7.56. The zero-order chi connectivity index (χ0) is 21.2. The lowest BCUT2D eigenvalue weighted by atomic mass is 9.94. The van der Waals surface area contributed by atoms with Crippen molar-refractivity contribution in [3.8, 4) is 11.1 Å². The van der Waals surface area contributed by atoms with Gasteiger partial charge in [0.15, 0.2) is 0 Å². The maximum absolute atomic E-state index is 3.66. The molecule has 32 heavy (non-hydrogen) atoms. The number of aromatic nitrogens is 2. The molecule has 2 nitrogen and oxygen atoms in total. The van der Waals surface area contributed by atoms with Crippen molar-refractivity contribution in [2.45, 2.75) is 13.5 Å². The molecule has 0 saturated heterocycles. The first-order valence-corrected chi connectivity index (χ1v) is 11.3. The smallest absolute Gasteiger partial charge is 0.0544 e. The van der Waals surface area contributed by atoms with Gasteiger partial charge in [-0.15, -0.1) is 0 Å². The number of nitrogens with zero attached hydrogens (tertiary/aromatic N) is 1. The van der Waals surface area contributed by atoms with Gasteiger partial charge < -0.3 is 9.55 Å². The molecular formula is C30H22N2. The Kier molecular flexibility index (Phi) is 3.57. The molecule has 0 unspecified atom stereocenters. The van der Waals surface area contributed by atoms with Crippen LogP contribution in [0.25, 0.3) is 65.5 Å². The highest BCUT2D eigenvalue weighted by atomic mass is 15.0. The number of rotatable bonds is 2. The van der Waals surface area contributed by atoms with Crippen LogP contribution >= 0.6 is 0 Å². The van der Waals surface area contributed by atoms with Crippen molar-refractivity contribution in [1.29, 1.82) is 0 Å². The Bertz CT molecular complexity index is 1810. The number of benzene rings is 5. The van der Waals surface area contributed by atoms with E-state index in [1.807, 2.05) is 0 Å². The van der Waals surface area contributed by atoms with Gasteiger partial charge in [0.1, 0.15) is 0 Å². The molecule has 1 N–H and O–H groups in total. The van der Waals surface area contributed by atoms with Crippen LogP contribution in [0.1, 0.15) is 6.92 Å². The molecule has 0 aliphatic heterocycles. The molecule has 2 aromatic heterocycles. The number of fused-ring (bicyclic) bond motifs is 8. The van der Waals surface area contributed by atoms with E-state index in [1.165, 1.54) is 65.5 Å². The van der Waals surface area contributed by atoms with E-state index in [1.54, 1.807) is 0 Å². The third-order valence-corrected chi connectivity index (χ3v) is 6.92. The number of para-hydroxylation sites is 2. The van der Waals surface area contributed by atoms with Crippen LogP contribution in [0.15, 0.2) is 97.1 Å². The van der Waals surface area contributed by atoms with Crippen molar-refractivity contribution in [3.63, 3.8) is 0 Å². The van der Waals surface area contributed by atoms with E-state index in [0.29, 0.717) is 0 Å². The van der Waals surface area contributed by atoms with Crippen LogP contribution < -0.4 is 0 Å². The lowest BCUT2D eigenvalue weighted by Crippen LogP contribution is -1.92. The summed E-state index contributed by atoms with van der Waals surface area (Å²) in [6, 6.07) is 35.4. The maximum Gasteiger partial charge on any atom is 0.0544 e. The van der Waals surface area contributed by atoms with E-state index in [0.717, 1.165) is 6.54 Å². The summed E-state index contributed by atoms with van der Waals surface area (Å²) in [4.78, 5) is 3.66. The average Bonchev–Trinajstić information content (AvgIpc) is 3.39. The third-order valence-electron chi connectivity index (χ3n) is 6.92. The molecule has 0 amide bonds. The standard InChI is InChI=1S/C30H22N2/c1-2-32-28-14-8-6-11-22(28)25-17-19(15-16-29(25)32)24-18-26-21-10-5-7-13-27(21)31-30(26)23-12-4-3-9-20(23)24/h3-18,31H,2H2,1H3. The van der Waals surface area contributed by atoms with Gasteiger partial charge in [0.2, 0.25) is 0 Å². The van der Waals surface area contributed by atoms with Gasteiger partial charge in [-0.25, -0.2) is 0 Å². The van der Waals surface area contributed by atoms with Crippen LogP contribution in [0.2, 0.25) is 0 Å². The molecule has 0 bridgehead atoms. The highest BCUT2D eigenvalue weighted by Crippen LogP contribution is 2.39. The fourth-order valence-corrected chi connectivity index (χ4v) is 5.48. The van der Waals surface area contributed by atoms with Crippen molar-refractivity contribution in [2.24, 2.45) is 0 Å². The van der Waals surface area contributed by atoms with E-state index in [2.05, 4.69) is 114 Å². The summed E-state index contributed by atoms with van der Waals surface area (Å²) in [7, 11) is 0. The molecule has 152 valence electrons. The van der Waals surface area contributed by atoms with Gasteiger partial charge in [0.05, 0.1) is 5.52 Å². The van der Waals surface area contributed by atoms with Gasteiger partial charge in [-0.1, -0.05) is 66.7 Å².